The zero-order valence-electron chi connectivity index (χ0n) is 53.2. The molecule has 6 aliphatic rings. The summed E-state index contributed by atoms with van der Waals surface area (Å²) in [6, 6.07) is 33.9. The van der Waals surface area contributed by atoms with Crippen LogP contribution in [0.15, 0.2) is 102 Å². The first-order valence-electron chi connectivity index (χ1n) is 29.9. The highest BCUT2D eigenvalue weighted by atomic mass is 79.9. The van der Waals surface area contributed by atoms with Crippen molar-refractivity contribution in [2.75, 3.05) is 26.7 Å². The lowest BCUT2D eigenvalue weighted by molar-refractivity contribution is -0.439. The quantitative estimate of drug-likeness (QED) is 0.0532. The Bertz CT molecular complexity index is 3310. The van der Waals surface area contributed by atoms with E-state index < -0.39 is 35.6 Å². The molecule has 17 nitrogen and oxygen atoms in total. The van der Waals surface area contributed by atoms with E-state index >= 15 is 0 Å². The van der Waals surface area contributed by atoms with Gasteiger partial charge in [0.1, 0.15) is 19.6 Å². The van der Waals surface area contributed by atoms with Crippen molar-refractivity contribution in [1.29, 1.82) is 0 Å². The summed E-state index contributed by atoms with van der Waals surface area (Å²) in [6.07, 6.45) is 6.68. The molecule has 4 aromatic carbocycles. The van der Waals surface area contributed by atoms with Crippen LogP contribution >= 0.6 is 0 Å². The zero-order chi connectivity index (χ0) is 62.6. The summed E-state index contributed by atoms with van der Waals surface area (Å²) in [5, 5.41) is 20.5. The van der Waals surface area contributed by atoms with Gasteiger partial charge in [-0.05, 0) is 79.4 Å². The predicted octanol–water partition coefficient (Wildman–Crippen LogP) is 5.80. The Balaban J connectivity index is 0.000000241. The lowest BCUT2D eigenvalue weighted by Crippen LogP contribution is -3.00. The normalized spacial score (nSPS) is 17.3. The van der Waals surface area contributed by atoms with Crippen molar-refractivity contribution in [3.8, 4) is 0 Å². The van der Waals surface area contributed by atoms with Crippen LogP contribution in [0.4, 0.5) is 22.7 Å². The third-order valence-electron chi connectivity index (χ3n) is 17.9. The Labute approximate surface area is 535 Å². The number of carbonyl (C=O) groups is 7. The third kappa shape index (κ3) is 17.1. The van der Waals surface area contributed by atoms with Crippen molar-refractivity contribution >= 4 is 87.1 Å². The minimum Gasteiger partial charge on any atom is -1.00 e. The molecule has 0 atom stereocenters. The van der Waals surface area contributed by atoms with Crippen molar-refractivity contribution in [1.82, 2.24) is 15.4 Å². The second-order valence-corrected chi connectivity index (χ2v) is 24.6. The number of unbranched alkanes of at least 4 members (excludes halogenated alkanes) is 3. The van der Waals surface area contributed by atoms with E-state index in [1.807, 2.05) is 12.1 Å². The van der Waals surface area contributed by atoms with E-state index in [-0.39, 0.29) is 105 Å². The number of benzene rings is 4. The van der Waals surface area contributed by atoms with Crippen LogP contribution in [0.2, 0.25) is 0 Å². The van der Waals surface area contributed by atoms with Gasteiger partial charge in [-0.1, -0.05) is 86.6 Å². The summed E-state index contributed by atoms with van der Waals surface area (Å²) in [4.78, 5) is 86.5. The molecule has 6 aliphatic heterocycles. The number of amides is 5. The molecule has 19 heteroatoms. The number of hydrogen-bond donors (Lipinski definition) is 3. The molecule has 0 unspecified atom stereocenters. The van der Waals surface area contributed by atoms with Gasteiger partial charge in [0.05, 0.1) is 21.9 Å². The first kappa shape index (κ1) is 72.6. The van der Waals surface area contributed by atoms with Crippen LogP contribution in [0.1, 0.15) is 189 Å². The number of aliphatic carboxylic acids is 1. The smallest absolute Gasteiger partial charge is 0.333 e. The van der Waals surface area contributed by atoms with Gasteiger partial charge in [-0.25, -0.2) is 4.79 Å². The molecule has 0 spiro atoms. The summed E-state index contributed by atoms with van der Waals surface area (Å²) in [5.74, 6) is -2.99. The van der Waals surface area contributed by atoms with Crippen molar-refractivity contribution in [2.45, 2.75) is 188 Å². The molecule has 2 saturated heterocycles. The van der Waals surface area contributed by atoms with Gasteiger partial charge in [0.2, 0.25) is 23.0 Å². The van der Waals surface area contributed by atoms with Crippen LogP contribution in [0.25, 0.3) is 0 Å². The number of carboxylic acid groups (broad SMARTS) is 1. The van der Waals surface area contributed by atoms with Gasteiger partial charge in [0.15, 0.2) is 17.1 Å². The lowest BCUT2D eigenvalue weighted by atomic mass is 9.82. The van der Waals surface area contributed by atoms with E-state index in [0.29, 0.717) is 17.9 Å². The number of hydrogen-bond acceptors (Lipinski definition) is 10. The highest BCUT2D eigenvalue weighted by molar-refractivity contribution is 6.02. The van der Waals surface area contributed by atoms with Gasteiger partial charge in [-0.15, -0.1) is 5.06 Å². The molecule has 0 aromatic heterocycles. The average molecular weight is 1330 g/mol. The number of carboxylic acids is 1. The molecule has 0 aliphatic carbocycles. The highest BCUT2D eigenvalue weighted by Gasteiger charge is 2.45. The van der Waals surface area contributed by atoms with Crippen molar-refractivity contribution in [3.05, 3.63) is 119 Å². The Hall–Kier alpha value is -6.83. The maximum Gasteiger partial charge on any atom is 0.333 e. The Morgan fingerprint density at radius 1 is 0.506 bits per heavy atom. The highest BCUT2D eigenvalue weighted by Crippen LogP contribution is 2.42. The number of nitrogens with one attached hydrogen (secondary N) is 1. The molecule has 5 amide bonds. The number of fused-ring (bicyclic) bond motifs is 4. The average Bonchev–Trinajstić information content (AvgIpc) is 2.29. The van der Waals surface area contributed by atoms with Crippen LogP contribution in [0.5, 0.6) is 0 Å². The minimum atomic E-state index is -0.706. The maximum absolute atomic E-state index is 11.9. The second kappa shape index (κ2) is 31.4. The SMILES string of the molecule is CC1=Nc2ccccc2C1(C)C.CC1=[N+](CCCCC(=O)O)c2ccccc2C1(C)C.CC1=[N+](CCCCC(=O)ON2C(=O)CCC2=O)c2ccccc2C1(C)C.CNC(=O)CCCC[N+]1=C(C)C(C)(C)c2ccccc21.O=C1CCC(=O)N1O.[Br-].[Br-]. The third-order valence-corrected chi connectivity index (χ3v) is 17.9. The van der Waals surface area contributed by atoms with Crippen LogP contribution < -0.4 is 39.3 Å². The number of aliphatic imine (C=N–C) groups is 1. The summed E-state index contributed by atoms with van der Waals surface area (Å²) < 4.78 is 7.07. The fraction of sp³-hybridized carbons (Fsp3) is 0.485. The molecule has 4 aromatic rings. The number of nitrogens with zero attached hydrogens (tertiary/aromatic N) is 6. The van der Waals surface area contributed by atoms with Gasteiger partial charge in [-0.2, -0.15) is 18.8 Å². The van der Waals surface area contributed by atoms with E-state index in [9.17, 15) is 33.6 Å². The molecule has 0 bridgehead atoms. The van der Waals surface area contributed by atoms with Gasteiger partial charge in [-0.3, -0.25) is 39.0 Å². The Morgan fingerprint density at radius 2 is 0.851 bits per heavy atom. The van der Waals surface area contributed by atoms with E-state index in [2.05, 4.69) is 192 Å². The van der Waals surface area contributed by atoms with Crippen molar-refractivity contribution < 1.29 is 96.4 Å². The van der Waals surface area contributed by atoms with Gasteiger partial charge < -0.3 is 49.2 Å². The van der Waals surface area contributed by atoms with Crippen molar-refractivity contribution in [3.63, 3.8) is 0 Å². The number of rotatable bonds is 16. The minimum absolute atomic E-state index is 0. The molecule has 0 radical (unpaired) electrons. The number of halogens is 2. The molecule has 10 rings (SSSR count). The monoisotopic (exact) mass is 1320 g/mol. The topological polar surface area (TPSA) is 209 Å². The van der Waals surface area contributed by atoms with E-state index in [0.717, 1.165) is 57.4 Å². The number of carbonyl (C=O) groups excluding carboxylic acids is 6. The maximum atomic E-state index is 11.9. The molecule has 2 fully saturated rings. The molecule has 6 heterocycles. The van der Waals surface area contributed by atoms with E-state index in [1.54, 1.807) is 7.05 Å². The zero-order valence-corrected chi connectivity index (χ0v) is 56.3. The van der Waals surface area contributed by atoms with Gasteiger partial charge in [0, 0.05) is 138 Å². The summed E-state index contributed by atoms with van der Waals surface area (Å²) in [7, 11) is 1.69. The fourth-order valence-electron chi connectivity index (χ4n) is 11.5. The number of para-hydroxylation sites is 4. The molecule has 87 heavy (non-hydrogen) atoms. The molecule has 3 N–H and O–H groups in total. The lowest BCUT2D eigenvalue weighted by Gasteiger charge is -2.19. The standard InChI is InChI=1S/C20H25N2O4.C17H24N2O.C16H21NO2.C11H13N.C4H5NO3.2BrH/c1-14-20(2,3)15-8-4-5-9-16(15)21(14)13-7-6-10-19(25)26-22-17(23)11-12-18(22)24;1-13-17(2,3)14-9-5-6-10-15(14)19(13)12-8-7-11-16(20)18-4;1-12-16(2,3)13-8-4-5-9-14(13)17(12)11-7-6-10-15(18)19;1-8-11(2,3)9-6-4-5-7-10(9)12-8;6-3-1-2-4(7)5(3)8;;/h4-5,8-9H,6-7,10-13H2,1-3H3;5-6,9-10H,7-8,11-12H2,1-4H3;4-5,8-9H,6-7,10-11H2,1-3H3;4-7H,1-3H3;8H,1-2H2;2*1H/q+1;;;;;;. The molecular formula is C68H90Br2N7O10+. The van der Waals surface area contributed by atoms with Crippen LogP contribution in [0, 0.1) is 0 Å². The number of hydroxylamine groups is 4. The molecular weight excluding hydrogens is 1230 g/mol. The molecule has 470 valence electrons. The number of imide groups is 2. The second-order valence-electron chi connectivity index (χ2n) is 24.6. The van der Waals surface area contributed by atoms with Crippen molar-refractivity contribution in [2.24, 2.45) is 4.99 Å². The first-order chi connectivity index (χ1) is 40.1. The first-order valence-corrected chi connectivity index (χ1v) is 29.9. The summed E-state index contributed by atoms with van der Waals surface area (Å²) in [5.41, 5.74) is 16.0. The van der Waals surface area contributed by atoms with Crippen LogP contribution in [-0.4, -0.2) is 125 Å². The Morgan fingerprint density at radius 3 is 1.21 bits per heavy atom. The summed E-state index contributed by atoms with van der Waals surface area (Å²) >= 11 is 0. The predicted molar refractivity (Wildman–Crippen MR) is 330 cm³/mol. The van der Waals surface area contributed by atoms with Gasteiger partial charge in [0.25, 0.3) is 23.6 Å². The van der Waals surface area contributed by atoms with Gasteiger partial charge >= 0.3 is 11.9 Å². The van der Waals surface area contributed by atoms with E-state index in [4.69, 9.17) is 15.2 Å². The largest absolute Gasteiger partial charge is 1.00 e. The van der Waals surface area contributed by atoms with Crippen LogP contribution in [0.3, 0.4) is 0 Å². The summed E-state index contributed by atoms with van der Waals surface area (Å²) in [6.45, 7) is 29.3. The molecule has 0 saturated carbocycles. The fourth-order valence-corrected chi connectivity index (χ4v) is 11.5. The van der Waals surface area contributed by atoms with E-state index in [1.165, 1.54) is 62.2 Å². The Kier molecular flexibility index (Phi) is 26.2. The van der Waals surface area contributed by atoms with Crippen LogP contribution in [-0.2, 0) is 60.1 Å².